The summed E-state index contributed by atoms with van der Waals surface area (Å²) in [6.45, 7) is 2.29. The first-order chi connectivity index (χ1) is 16.8. The Hall–Kier alpha value is -3.16. The van der Waals surface area contributed by atoms with Crippen LogP contribution in [0.5, 0.6) is 0 Å². The van der Waals surface area contributed by atoms with Gasteiger partial charge in [-0.05, 0) is 60.8 Å². The molecule has 3 aromatic rings. The number of nitrogens with two attached hydrogens (primary N) is 1. The third-order valence-corrected chi connectivity index (χ3v) is 8.04. The van der Waals surface area contributed by atoms with Crippen LogP contribution in [0.3, 0.4) is 0 Å². The number of carbonyl (C=O) groups excluding carboxylic acids is 2. The van der Waals surface area contributed by atoms with Gasteiger partial charge in [0, 0.05) is 36.6 Å². The highest BCUT2D eigenvalue weighted by molar-refractivity contribution is 5.93. The highest BCUT2D eigenvalue weighted by atomic mass is 16.3. The lowest BCUT2D eigenvalue weighted by atomic mass is 9.73. The molecule has 0 radical (unpaired) electrons. The summed E-state index contributed by atoms with van der Waals surface area (Å²) in [5.74, 6) is -0.630. The van der Waals surface area contributed by atoms with Gasteiger partial charge in [-0.25, -0.2) is 0 Å². The summed E-state index contributed by atoms with van der Waals surface area (Å²) in [7, 11) is 0. The molecule has 1 fully saturated rings. The molecule has 1 spiro atoms. The maximum atomic E-state index is 13.8. The molecule has 184 valence electrons. The van der Waals surface area contributed by atoms with Crippen LogP contribution in [-0.2, 0) is 27.8 Å². The minimum absolute atomic E-state index is 0.0986. The second-order valence-corrected chi connectivity index (χ2v) is 10.4. The van der Waals surface area contributed by atoms with Crippen molar-refractivity contribution in [2.75, 3.05) is 19.7 Å². The van der Waals surface area contributed by atoms with Crippen LogP contribution in [0.4, 0.5) is 0 Å². The van der Waals surface area contributed by atoms with Crippen molar-refractivity contribution in [1.29, 1.82) is 0 Å². The predicted octanol–water partition coefficient (Wildman–Crippen LogP) is 2.41. The lowest BCUT2D eigenvalue weighted by Gasteiger charge is -2.41. The van der Waals surface area contributed by atoms with E-state index in [9.17, 15) is 14.7 Å². The highest BCUT2D eigenvalue weighted by Gasteiger charge is 2.43. The monoisotopic (exact) mass is 474 g/mol. The van der Waals surface area contributed by atoms with Crippen molar-refractivity contribution in [3.05, 3.63) is 71.4 Å². The van der Waals surface area contributed by atoms with Gasteiger partial charge in [0.2, 0.25) is 11.8 Å². The molecule has 7 nitrogen and oxygen atoms in total. The Balaban J connectivity index is 1.35. The van der Waals surface area contributed by atoms with E-state index >= 15 is 0 Å². The molecule has 2 aliphatic rings. The van der Waals surface area contributed by atoms with Gasteiger partial charge in [0.15, 0.2) is 0 Å². The van der Waals surface area contributed by atoms with Gasteiger partial charge >= 0.3 is 0 Å². The summed E-state index contributed by atoms with van der Waals surface area (Å²) in [6.07, 6.45) is 6.32. The first-order valence-electron chi connectivity index (χ1n) is 12.5. The number of amides is 2. The zero-order valence-electron chi connectivity index (χ0n) is 20.2. The van der Waals surface area contributed by atoms with E-state index in [1.165, 1.54) is 18.1 Å². The molecule has 1 aromatic heterocycles. The third kappa shape index (κ3) is 4.34. The Morgan fingerprint density at radius 1 is 1.14 bits per heavy atom. The number of piperidine rings is 1. The number of hydrogen-bond acceptors (Lipinski definition) is 4. The van der Waals surface area contributed by atoms with Crippen LogP contribution in [-0.4, -0.2) is 58.1 Å². The molecule has 0 saturated carbocycles. The van der Waals surface area contributed by atoms with E-state index in [-0.39, 0.29) is 11.3 Å². The van der Waals surface area contributed by atoms with Crippen molar-refractivity contribution in [2.45, 2.75) is 56.0 Å². The minimum Gasteiger partial charge on any atom is -0.394 e. The molecular weight excluding hydrogens is 440 g/mol. The van der Waals surface area contributed by atoms with Crippen molar-refractivity contribution in [2.24, 2.45) is 5.73 Å². The highest BCUT2D eigenvalue weighted by Crippen LogP contribution is 2.46. The van der Waals surface area contributed by atoms with Gasteiger partial charge < -0.3 is 26.0 Å². The zero-order chi connectivity index (χ0) is 24.6. The van der Waals surface area contributed by atoms with E-state index in [0.717, 1.165) is 42.1 Å². The van der Waals surface area contributed by atoms with Crippen molar-refractivity contribution >= 4 is 22.7 Å². The molecule has 2 aromatic carbocycles. The van der Waals surface area contributed by atoms with Gasteiger partial charge in [0.25, 0.3) is 0 Å². The summed E-state index contributed by atoms with van der Waals surface area (Å²) in [5.41, 5.74) is 9.49. The lowest BCUT2D eigenvalue weighted by molar-refractivity contribution is -0.139. The van der Waals surface area contributed by atoms with Crippen molar-refractivity contribution in [3.8, 4) is 0 Å². The van der Waals surface area contributed by atoms with E-state index in [2.05, 4.69) is 34.6 Å². The van der Waals surface area contributed by atoms with Gasteiger partial charge in [-0.1, -0.05) is 42.5 Å². The van der Waals surface area contributed by atoms with E-state index in [1.807, 2.05) is 35.4 Å². The minimum atomic E-state index is -1.46. The Bertz CT molecular complexity index is 1240. The van der Waals surface area contributed by atoms with Crippen LogP contribution in [0.1, 0.15) is 42.9 Å². The van der Waals surface area contributed by atoms with E-state index in [0.29, 0.717) is 19.5 Å². The summed E-state index contributed by atoms with van der Waals surface area (Å²) >= 11 is 0. The number of H-pyrrole nitrogens is 1. The number of aromatic nitrogens is 1. The molecule has 7 heteroatoms. The van der Waals surface area contributed by atoms with Gasteiger partial charge in [0.1, 0.15) is 11.6 Å². The fraction of sp³-hybridized carbons (Fsp3) is 0.429. The Morgan fingerprint density at radius 3 is 2.63 bits per heavy atom. The maximum absolute atomic E-state index is 13.8. The SMILES string of the molecule is C[C@](N)(CO)C(=O)N[C@H](Cc1c[nH]c2ccccc12)C(=O)N1CCC2(CCc3ccccc32)CC1. The number of rotatable bonds is 6. The average molecular weight is 475 g/mol. The molecule has 1 aliphatic carbocycles. The van der Waals surface area contributed by atoms with Crippen LogP contribution in [0.15, 0.2) is 54.7 Å². The molecule has 2 amide bonds. The quantitative estimate of drug-likeness (QED) is 0.440. The molecule has 1 saturated heterocycles. The number of likely N-dealkylation sites (tertiary alicyclic amines) is 1. The van der Waals surface area contributed by atoms with Crippen molar-refractivity contribution in [3.63, 3.8) is 0 Å². The molecule has 0 bridgehead atoms. The number of hydrogen-bond donors (Lipinski definition) is 4. The number of aliphatic hydroxyl groups excluding tert-OH is 1. The summed E-state index contributed by atoms with van der Waals surface area (Å²) in [4.78, 5) is 31.7. The topological polar surface area (TPSA) is 111 Å². The number of nitrogens with one attached hydrogen (secondary N) is 2. The number of aromatic amines is 1. The van der Waals surface area contributed by atoms with Crippen LogP contribution in [0.25, 0.3) is 10.9 Å². The fourth-order valence-electron chi connectivity index (χ4n) is 5.77. The number of aliphatic hydroxyl groups is 1. The van der Waals surface area contributed by atoms with Crippen LogP contribution < -0.4 is 11.1 Å². The van der Waals surface area contributed by atoms with E-state index < -0.39 is 24.1 Å². The largest absolute Gasteiger partial charge is 0.394 e. The Morgan fingerprint density at radius 2 is 1.86 bits per heavy atom. The first kappa shape index (κ1) is 23.6. The second kappa shape index (κ2) is 9.13. The Kier molecular flexibility index (Phi) is 6.15. The number of benzene rings is 2. The van der Waals surface area contributed by atoms with E-state index in [1.54, 1.807) is 0 Å². The normalized spacial score (nSPS) is 19.3. The van der Waals surface area contributed by atoms with Crippen LogP contribution in [0, 0.1) is 0 Å². The first-order valence-corrected chi connectivity index (χ1v) is 12.5. The van der Waals surface area contributed by atoms with E-state index in [4.69, 9.17) is 5.73 Å². The van der Waals surface area contributed by atoms with Gasteiger partial charge in [-0.2, -0.15) is 0 Å². The Labute approximate surface area is 205 Å². The van der Waals surface area contributed by atoms with Crippen LogP contribution in [0.2, 0.25) is 0 Å². The molecular formula is C28H34N4O3. The van der Waals surface area contributed by atoms with Gasteiger partial charge in [-0.3, -0.25) is 9.59 Å². The molecule has 5 rings (SSSR count). The number of carbonyl (C=O) groups is 2. The molecule has 2 heterocycles. The van der Waals surface area contributed by atoms with Gasteiger partial charge in [-0.15, -0.1) is 0 Å². The smallest absolute Gasteiger partial charge is 0.245 e. The van der Waals surface area contributed by atoms with Gasteiger partial charge in [0.05, 0.1) is 6.61 Å². The zero-order valence-corrected chi connectivity index (χ0v) is 20.2. The number of aryl methyl sites for hydroxylation is 1. The molecule has 35 heavy (non-hydrogen) atoms. The standard InChI is InChI=1S/C28H34N4O3/c1-27(29,18-33)26(35)31-24(16-20-17-30-23-9-5-3-7-21(20)23)25(34)32-14-12-28(13-15-32)11-10-19-6-2-4-8-22(19)28/h2-9,17,24,30,33H,10-16,18,29H2,1H3,(H,31,35)/t24-,27+/m1/s1. The molecule has 1 aliphatic heterocycles. The van der Waals surface area contributed by atoms with Crippen molar-refractivity contribution < 1.29 is 14.7 Å². The molecule has 2 atom stereocenters. The molecule has 0 unspecified atom stereocenters. The number of nitrogens with zero attached hydrogens (tertiary/aromatic N) is 1. The molecule has 5 N–H and O–H groups in total. The predicted molar refractivity (Wildman–Crippen MR) is 136 cm³/mol. The average Bonchev–Trinajstić information content (AvgIpc) is 3.45. The van der Waals surface area contributed by atoms with Crippen LogP contribution >= 0.6 is 0 Å². The summed E-state index contributed by atoms with van der Waals surface area (Å²) < 4.78 is 0. The lowest BCUT2D eigenvalue weighted by Crippen LogP contribution is -2.60. The number of para-hydroxylation sites is 1. The third-order valence-electron chi connectivity index (χ3n) is 8.04. The summed E-state index contributed by atoms with van der Waals surface area (Å²) in [5, 5.41) is 13.5. The summed E-state index contributed by atoms with van der Waals surface area (Å²) in [6, 6.07) is 15.8. The maximum Gasteiger partial charge on any atom is 0.245 e. The van der Waals surface area contributed by atoms with Crippen molar-refractivity contribution in [1.82, 2.24) is 15.2 Å². The second-order valence-electron chi connectivity index (χ2n) is 10.4. The number of fused-ring (bicyclic) bond motifs is 3. The fourth-order valence-corrected chi connectivity index (χ4v) is 5.77.